The second-order valence-corrected chi connectivity index (χ2v) is 6.27. The van der Waals surface area contributed by atoms with Crippen LogP contribution in [-0.2, 0) is 9.53 Å². The van der Waals surface area contributed by atoms with Gasteiger partial charge in [-0.1, -0.05) is 101 Å². The van der Waals surface area contributed by atoms with Crippen molar-refractivity contribution in [3.63, 3.8) is 0 Å². The van der Waals surface area contributed by atoms with E-state index in [0.29, 0.717) is 5.76 Å². The molecular weight excluding hydrogens is 312 g/mol. The molecule has 0 atom stereocenters. The third-order valence-corrected chi connectivity index (χ3v) is 4.00. The van der Waals surface area contributed by atoms with Crippen molar-refractivity contribution in [3.05, 3.63) is 60.1 Å². The molecule has 1 heterocycles. The highest BCUT2D eigenvalue weighted by Gasteiger charge is 2.29. The molecule has 0 aromatic rings. The zero-order valence-corrected chi connectivity index (χ0v) is 15.5. The third-order valence-electron chi connectivity index (χ3n) is 4.00. The Hall–Kier alpha value is -2.03. The van der Waals surface area contributed by atoms with E-state index in [0.717, 1.165) is 6.42 Å². The summed E-state index contributed by atoms with van der Waals surface area (Å²) in [6.45, 7) is 2.26. The molecule has 1 aliphatic heterocycles. The molecule has 0 saturated heterocycles. The molecule has 0 amide bonds. The lowest BCUT2D eigenvalue weighted by Gasteiger charge is -2.00. The van der Waals surface area contributed by atoms with Gasteiger partial charge < -0.3 is 9.84 Å². The normalized spacial score (nSPS) is 14.4. The van der Waals surface area contributed by atoms with Gasteiger partial charge in [0.2, 0.25) is 0 Å². The third kappa shape index (κ3) is 12.0. The fraction of sp³-hybridized carbons (Fsp3) is 0.500. The highest BCUT2D eigenvalue weighted by Crippen LogP contribution is 2.26. The van der Waals surface area contributed by atoms with Crippen LogP contribution in [0.3, 0.4) is 0 Å². The summed E-state index contributed by atoms with van der Waals surface area (Å²) in [5, 5.41) is 8.61. The number of rotatable bonds is 15. The Labute approximate surface area is 152 Å². The number of ether oxygens (including phenoxy) is 1. The molecule has 1 aliphatic rings. The van der Waals surface area contributed by atoms with Crippen molar-refractivity contribution in [2.24, 2.45) is 0 Å². The van der Waals surface area contributed by atoms with Gasteiger partial charge in [0.05, 0.1) is 0 Å². The van der Waals surface area contributed by atoms with Crippen molar-refractivity contribution < 1.29 is 14.6 Å². The lowest BCUT2D eigenvalue weighted by atomic mass is 10.1. The molecule has 138 valence electrons. The molecule has 0 unspecified atom stereocenters. The number of carboxylic acid groups (broad SMARTS) is 1. The molecule has 1 N–H and O–H groups in total. The monoisotopic (exact) mass is 344 g/mol. The minimum Gasteiger partial charge on any atom is -0.475 e. The Balaban J connectivity index is 1.92. The Morgan fingerprint density at radius 1 is 0.840 bits per heavy atom. The van der Waals surface area contributed by atoms with E-state index < -0.39 is 5.97 Å². The number of allylic oxidation sites excluding steroid dienone is 8. The summed E-state index contributed by atoms with van der Waals surface area (Å²) in [7, 11) is 0. The van der Waals surface area contributed by atoms with Crippen molar-refractivity contribution in [3.8, 4) is 0 Å². The van der Waals surface area contributed by atoms with Crippen molar-refractivity contribution in [1.29, 1.82) is 0 Å². The number of hydrogen-bond acceptors (Lipinski definition) is 2. The number of carboxylic acids is 1. The van der Waals surface area contributed by atoms with E-state index in [1.807, 2.05) is 24.3 Å². The fourth-order valence-corrected chi connectivity index (χ4v) is 2.49. The largest absolute Gasteiger partial charge is 0.475 e. The number of carbonyl (C=O) groups is 1. The first-order chi connectivity index (χ1) is 12.3. The van der Waals surface area contributed by atoms with Crippen LogP contribution in [0.5, 0.6) is 0 Å². The zero-order valence-electron chi connectivity index (χ0n) is 15.5. The zero-order chi connectivity index (χ0) is 18.2. The van der Waals surface area contributed by atoms with E-state index in [2.05, 4.69) is 19.1 Å². The molecule has 3 heteroatoms. The quantitative estimate of drug-likeness (QED) is 0.274. The average Bonchev–Trinajstić information content (AvgIpc) is 3.37. The van der Waals surface area contributed by atoms with Crippen molar-refractivity contribution in [2.75, 3.05) is 0 Å². The summed E-state index contributed by atoms with van der Waals surface area (Å²) in [4.78, 5) is 10.5. The molecule has 0 aliphatic carbocycles. The van der Waals surface area contributed by atoms with Crippen molar-refractivity contribution >= 4 is 5.97 Å². The topological polar surface area (TPSA) is 49.8 Å². The van der Waals surface area contributed by atoms with Crippen LogP contribution in [0, 0.1) is 0 Å². The first-order valence-corrected chi connectivity index (χ1v) is 9.57. The van der Waals surface area contributed by atoms with E-state index in [4.69, 9.17) is 9.84 Å². The molecule has 25 heavy (non-hydrogen) atoms. The summed E-state index contributed by atoms with van der Waals surface area (Å²) in [6.07, 6.45) is 28.9. The lowest BCUT2D eigenvalue weighted by molar-refractivity contribution is -0.133. The highest BCUT2D eigenvalue weighted by atomic mass is 16.6. The molecule has 0 spiro atoms. The average molecular weight is 344 g/mol. The van der Waals surface area contributed by atoms with Crippen LogP contribution in [0.25, 0.3) is 0 Å². The van der Waals surface area contributed by atoms with Gasteiger partial charge in [0.1, 0.15) is 0 Å². The number of aliphatic carboxylic acids is 1. The first kappa shape index (κ1) is 21.0. The Morgan fingerprint density at radius 2 is 1.40 bits per heavy atom. The molecule has 0 bridgehead atoms. The van der Waals surface area contributed by atoms with Gasteiger partial charge in [0.15, 0.2) is 5.76 Å². The minimum absolute atomic E-state index is 0.0413. The molecule has 0 fully saturated rings. The van der Waals surface area contributed by atoms with Gasteiger partial charge >= 0.3 is 5.97 Å². The summed E-state index contributed by atoms with van der Waals surface area (Å²) in [6, 6.07) is 0. The minimum atomic E-state index is -1.01. The van der Waals surface area contributed by atoms with E-state index in [9.17, 15) is 4.79 Å². The van der Waals surface area contributed by atoms with Crippen LogP contribution in [-0.4, -0.2) is 11.1 Å². The predicted octanol–water partition coefficient (Wildman–Crippen LogP) is 6.46. The van der Waals surface area contributed by atoms with E-state index >= 15 is 0 Å². The fourth-order valence-electron chi connectivity index (χ4n) is 2.49. The van der Waals surface area contributed by atoms with Gasteiger partial charge in [0.25, 0.3) is 5.76 Å². The predicted molar refractivity (Wildman–Crippen MR) is 104 cm³/mol. The van der Waals surface area contributed by atoms with Gasteiger partial charge in [-0.25, -0.2) is 4.79 Å². The molecule has 0 radical (unpaired) electrons. The maximum atomic E-state index is 10.5. The van der Waals surface area contributed by atoms with E-state index in [1.54, 1.807) is 12.2 Å². The summed E-state index contributed by atoms with van der Waals surface area (Å²) in [5.74, 6) is -0.540. The smallest absolute Gasteiger partial charge is 0.375 e. The number of unbranched alkanes of at least 4 members (excludes halogenated alkanes) is 9. The van der Waals surface area contributed by atoms with Crippen LogP contribution in [0.2, 0.25) is 0 Å². The Morgan fingerprint density at radius 3 is 2.00 bits per heavy atom. The SMILES string of the molecule is CCCCCCCCCCC/C=C/C=C/C=C/C=C/C1=C(C(=O)O)O1. The van der Waals surface area contributed by atoms with Crippen molar-refractivity contribution in [2.45, 2.75) is 71.1 Å². The van der Waals surface area contributed by atoms with E-state index in [-0.39, 0.29) is 5.76 Å². The molecule has 0 saturated carbocycles. The Bertz CT molecular complexity index is 521. The van der Waals surface area contributed by atoms with Crippen LogP contribution in [0.4, 0.5) is 0 Å². The molecule has 1 rings (SSSR count). The summed E-state index contributed by atoms with van der Waals surface area (Å²) >= 11 is 0. The van der Waals surface area contributed by atoms with Crippen LogP contribution >= 0.6 is 0 Å². The summed E-state index contributed by atoms with van der Waals surface area (Å²) < 4.78 is 4.79. The van der Waals surface area contributed by atoms with Gasteiger partial charge in [-0.2, -0.15) is 0 Å². The van der Waals surface area contributed by atoms with Crippen LogP contribution in [0.1, 0.15) is 71.1 Å². The van der Waals surface area contributed by atoms with Gasteiger partial charge in [-0.3, -0.25) is 0 Å². The Kier molecular flexibility index (Phi) is 12.0. The lowest BCUT2D eigenvalue weighted by Crippen LogP contribution is -1.88. The molecule has 0 aromatic heterocycles. The van der Waals surface area contributed by atoms with Crippen LogP contribution in [0.15, 0.2) is 60.1 Å². The van der Waals surface area contributed by atoms with Gasteiger partial charge in [0, 0.05) is 0 Å². The van der Waals surface area contributed by atoms with E-state index in [1.165, 1.54) is 57.8 Å². The first-order valence-electron chi connectivity index (χ1n) is 9.57. The van der Waals surface area contributed by atoms with Crippen molar-refractivity contribution in [1.82, 2.24) is 0 Å². The summed E-state index contributed by atoms with van der Waals surface area (Å²) in [5.41, 5.74) is 0. The highest BCUT2D eigenvalue weighted by molar-refractivity contribution is 5.89. The second-order valence-electron chi connectivity index (χ2n) is 6.27. The number of hydrogen-bond donors (Lipinski definition) is 1. The maximum Gasteiger partial charge on any atom is 0.375 e. The van der Waals surface area contributed by atoms with Gasteiger partial charge in [-0.15, -0.1) is 0 Å². The standard InChI is InChI=1S/C22H32O3/c1-2-3-4-5-6-7-8-9-10-11-12-13-14-15-16-17-18-19-20-21(25-20)22(23)24/h12-19H,2-11H2,1H3,(H,23,24)/b13-12+,15-14+,17-16+,19-18+. The second kappa shape index (κ2) is 14.3. The van der Waals surface area contributed by atoms with Gasteiger partial charge in [-0.05, 0) is 18.9 Å². The maximum absolute atomic E-state index is 10.5. The molecular formula is C22H32O3. The van der Waals surface area contributed by atoms with Crippen LogP contribution < -0.4 is 0 Å². The molecule has 3 nitrogen and oxygen atoms in total. The molecule has 0 aromatic carbocycles.